The monoisotopic (exact) mass is 859 g/mol. The number of carbonyl (C=O) groups is 2. The fraction of sp³-hybridized carbons (Fsp3) is 0.432. The molecule has 0 amide bonds. The zero-order chi connectivity index (χ0) is 41.2. The number of carbonyl (C=O) groups excluding carboxylic acids is 2. The summed E-state index contributed by atoms with van der Waals surface area (Å²) in [7, 11) is 4.50. The zero-order valence-corrected chi connectivity index (χ0v) is 36.6. The van der Waals surface area contributed by atoms with E-state index in [-0.39, 0.29) is 66.5 Å². The van der Waals surface area contributed by atoms with E-state index in [1.54, 1.807) is 0 Å². The smallest absolute Gasteiger partial charge is 0.265 e. The second kappa shape index (κ2) is 15.2. The van der Waals surface area contributed by atoms with Gasteiger partial charge in [0.1, 0.15) is 36.1 Å². The zero-order valence-electron chi connectivity index (χ0n) is 34.0. The predicted molar refractivity (Wildman–Crippen MR) is 221 cm³/mol. The molecule has 1 N–H and O–H groups in total. The molecule has 0 saturated heterocycles. The maximum atomic E-state index is 16.9. The summed E-state index contributed by atoms with van der Waals surface area (Å²) in [6.45, 7) is 10.7. The third-order valence-corrected chi connectivity index (χ3v) is 17.4. The molecule has 3 aliphatic carbocycles. The third kappa shape index (κ3) is 6.98. The van der Waals surface area contributed by atoms with Crippen LogP contribution in [0.25, 0.3) is 0 Å². The van der Waals surface area contributed by atoms with Crippen LogP contribution in [0.15, 0.2) is 81.0 Å². The minimum absolute atomic E-state index is 0.0152. The minimum atomic E-state index is -2.93. The van der Waals surface area contributed by atoms with Gasteiger partial charge >= 0.3 is 0 Å². The van der Waals surface area contributed by atoms with Crippen LogP contribution in [0.5, 0.6) is 11.6 Å². The minimum Gasteiger partial charge on any atom is -0.508 e. The molecule has 4 atom stereocenters. The van der Waals surface area contributed by atoms with Crippen molar-refractivity contribution in [2.45, 2.75) is 83.1 Å². The molecule has 0 aliphatic heterocycles. The normalized spacial score (nSPS) is 22.0. The highest BCUT2D eigenvalue weighted by atomic mass is 79.9. The van der Waals surface area contributed by atoms with Crippen LogP contribution in [0.4, 0.5) is 4.39 Å². The van der Waals surface area contributed by atoms with Gasteiger partial charge in [0, 0.05) is 29.2 Å². The first-order valence-corrected chi connectivity index (χ1v) is 23.0. The summed E-state index contributed by atoms with van der Waals surface area (Å²) < 4.78 is 43.1. The number of halogens is 2. The Morgan fingerprint density at radius 1 is 0.965 bits per heavy atom. The molecule has 302 valence electrons. The standard InChI is InChI=1S/C44H51BrFN3O7Si/c1-43(2,3)57(8,9)56-44-30(36(49(6)7)39-33(41(44)52)42(47-55-39)54-24-26-18-14-11-15-19-26)21-27-20-28-32(37(50)31(27)40(44)51)38(53-23-25-16-12-10-13-17-25)34(45)29(35(28)46)22-48(4)5/h10-19,27,30,36,51H,20-24H2,1-9H3/t27-,30-,36-,44-/m0/s1. The van der Waals surface area contributed by atoms with Crippen LogP contribution < -0.4 is 9.47 Å². The van der Waals surface area contributed by atoms with Crippen molar-refractivity contribution in [3.05, 3.63) is 121 Å². The van der Waals surface area contributed by atoms with E-state index in [4.69, 9.17) is 18.4 Å². The molecule has 3 aromatic carbocycles. The van der Waals surface area contributed by atoms with Crippen molar-refractivity contribution < 1.29 is 37.5 Å². The number of ether oxygens (including phenoxy) is 2. The van der Waals surface area contributed by atoms with Crippen molar-refractivity contribution in [1.82, 2.24) is 15.0 Å². The van der Waals surface area contributed by atoms with E-state index in [9.17, 15) is 5.11 Å². The Balaban J connectivity index is 1.44. The number of hydrogen-bond acceptors (Lipinski definition) is 10. The van der Waals surface area contributed by atoms with Crippen LogP contribution >= 0.6 is 15.9 Å². The first kappa shape index (κ1) is 41.0. The summed E-state index contributed by atoms with van der Waals surface area (Å²) in [4.78, 5) is 34.6. The third-order valence-electron chi connectivity index (χ3n) is 12.1. The van der Waals surface area contributed by atoms with Gasteiger partial charge in [0.15, 0.2) is 25.5 Å². The fourth-order valence-electron chi connectivity index (χ4n) is 8.38. The molecule has 4 aromatic rings. The number of aliphatic hydroxyl groups is 1. The highest BCUT2D eigenvalue weighted by Gasteiger charge is 2.67. The average molecular weight is 861 g/mol. The molecule has 0 fully saturated rings. The van der Waals surface area contributed by atoms with E-state index in [1.165, 1.54) is 0 Å². The average Bonchev–Trinajstić information content (AvgIpc) is 3.57. The topological polar surface area (TPSA) is 115 Å². The van der Waals surface area contributed by atoms with Crippen molar-refractivity contribution in [1.29, 1.82) is 0 Å². The van der Waals surface area contributed by atoms with E-state index >= 15 is 14.0 Å². The van der Waals surface area contributed by atoms with Crippen molar-refractivity contribution in [2.75, 3.05) is 28.2 Å². The number of nitrogens with zero attached hydrogens (tertiary/aromatic N) is 3. The van der Waals surface area contributed by atoms with Crippen molar-refractivity contribution in [3.63, 3.8) is 0 Å². The van der Waals surface area contributed by atoms with Gasteiger partial charge < -0.3 is 28.4 Å². The SMILES string of the molecule is CN(C)Cc1c(F)c2c(c(OCc3ccccc3)c1Br)C(=O)C1=C(O)[C@]3(O[Si](C)(C)C(C)(C)C)C(=O)c4c(OCc5ccccc5)noc4[C@@H](N(C)C)[C@@H]3C[C@@H]1C2. The molecule has 3 aliphatic rings. The number of allylic oxidation sites excluding steroid dienone is 1. The molecule has 1 heterocycles. The van der Waals surface area contributed by atoms with Gasteiger partial charge in [-0.3, -0.25) is 14.5 Å². The lowest BCUT2D eigenvalue weighted by Gasteiger charge is -2.55. The second-order valence-electron chi connectivity index (χ2n) is 17.5. The number of aliphatic hydroxyl groups excluding tert-OH is 1. The summed E-state index contributed by atoms with van der Waals surface area (Å²) in [5.41, 5.74) is 0.441. The Hall–Kier alpha value is -4.14. The van der Waals surface area contributed by atoms with Gasteiger partial charge in [-0.05, 0) is 97.3 Å². The molecule has 57 heavy (non-hydrogen) atoms. The molecule has 0 bridgehead atoms. The Morgan fingerprint density at radius 3 is 2.12 bits per heavy atom. The Labute approximate surface area is 343 Å². The van der Waals surface area contributed by atoms with Gasteiger partial charge in [-0.1, -0.05) is 81.4 Å². The Morgan fingerprint density at radius 2 is 1.56 bits per heavy atom. The molecule has 7 rings (SSSR count). The van der Waals surface area contributed by atoms with E-state index in [0.717, 1.165) is 11.1 Å². The van der Waals surface area contributed by atoms with E-state index < -0.39 is 60.0 Å². The Kier molecular flexibility index (Phi) is 11.0. The molecular weight excluding hydrogens is 809 g/mol. The molecule has 0 saturated carbocycles. The second-order valence-corrected chi connectivity index (χ2v) is 23.0. The first-order chi connectivity index (χ1) is 26.9. The number of ketones is 2. The number of fused-ring (bicyclic) bond motifs is 4. The molecule has 10 nitrogen and oxygen atoms in total. The lowest BCUT2D eigenvalue weighted by molar-refractivity contribution is -0.0481. The van der Waals surface area contributed by atoms with Gasteiger partial charge in [0.05, 0.1) is 16.1 Å². The lowest BCUT2D eigenvalue weighted by atomic mass is 9.58. The van der Waals surface area contributed by atoms with E-state index in [0.29, 0.717) is 15.8 Å². The van der Waals surface area contributed by atoms with Crippen LogP contribution in [-0.4, -0.2) is 73.7 Å². The van der Waals surface area contributed by atoms with Crippen molar-refractivity contribution >= 4 is 35.8 Å². The van der Waals surface area contributed by atoms with Gasteiger partial charge in [0.25, 0.3) is 5.88 Å². The summed E-state index contributed by atoms with van der Waals surface area (Å²) in [5.74, 6) is -3.05. The number of aromatic nitrogens is 1. The van der Waals surface area contributed by atoms with Gasteiger partial charge in [-0.15, -0.1) is 0 Å². The fourth-order valence-corrected chi connectivity index (χ4v) is 10.4. The lowest BCUT2D eigenvalue weighted by Crippen LogP contribution is -2.65. The summed E-state index contributed by atoms with van der Waals surface area (Å²) >= 11 is 3.63. The number of rotatable bonds is 11. The van der Waals surface area contributed by atoms with Crippen LogP contribution in [-0.2, 0) is 30.6 Å². The van der Waals surface area contributed by atoms with E-state index in [1.807, 2.05) is 112 Å². The predicted octanol–water partition coefficient (Wildman–Crippen LogP) is 9.24. The van der Waals surface area contributed by atoms with Crippen LogP contribution in [0.1, 0.15) is 82.0 Å². The first-order valence-electron chi connectivity index (χ1n) is 19.3. The van der Waals surface area contributed by atoms with Gasteiger partial charge in [-0.25, -0.2) is 4.39 Å². The van der Waals surface area contributed by atoms with E-state index in [2.05, 4.69) is 41.9 Å². The summed E-state index contributed by atoms with van der Waals surface area (Å²) in [6.07, 6.45) is 0.310. The van der Waals surface area contributed by atoms with Crippen LogP contribution in [0.2, 0.25) is 18.1 Å². The number of hydrogen-bond donors (Lipinski definition) is 1. The van der Waals surface area contributed by atoms with Crippen molar-refractivity contribution in [3.8, 4) is 11.6 Å². The number of benzene rings is 3. The van der Waals surface area contributed by atoms with Crippen molar-refractivity contribution in [2.24, 2.45) is 11.8 Å². The maximum Gasteiger partial charge on any atom is 0.265 e. The molecule has 0 radical (unpaired) electrons. The number of Topliss-reactive ketones (excluding diaryl/α,β-unsaturated/α-hetero) is 2. The molecule has 0 unspecified atom stereocenters. The summed E-state index contributed by atoms with van der Waals surface area (Å²) in [5, 5.41) is 16.9. The highest BCUT2D eigenvalue weighted by molar-refractivity contribution is 9.10. The quantitative estimate of drug-likeness (QED) is 0.147. The highest BCUT2D eigenvalue weighted by Crippen LogP contribution is 2.60. The Bertz CT molecular complexity index is 2240. The molecule has 1 aromatic heterocycles. The summed E-state index contributed by atoms with van der Waals surface area (Å²) in [6, 6.07) is 18.4. The molecule has 0 spiro atoms. The maximum absolute atomic E-state index is 16.9. The molecular formula is C44H51BrFN3O7Si. The largest absolute Gasteiger partial charge is 0.508 e. The van der Waals surface area contributed by atoms with Crippen LogP contribution in [0, 0.1) is 17.7 Å². The van der Waals surface area contributed by atoms with Gasteiger partial charge in [0.2, 0.25) is 5.78 Å². The van der Waals surface area contributed by atoms with Crippen LogP contribution in [0.3, 0.4) is 0 Å². The molecule has 13 heteroatoms. The van der Waals surface area contributed by atoms with Gasteiger partial charge in [-0.2, -0.15) is 0 Å².